The molecule has 0 aromatic heterocycles. The number of ether oxygens (including phenoxy) is 2. The lowest BCUT2D eigenvalue weighted by Gasteiger charge is -2.24. The van der Waals surface area contributed by atoms with E-state index in [4.69, 9.17) is 15.2 Å². The van der Waals surface area contributed by atoms with Gasteiger partial charge in [0, 0.05) is 13.0 Å². The Bertz CT molecular complexity index is 157. The minimum absolute atomic E-state index is 0.0605. The topological polar surface area (TPSA) is 61.5 Å². The van der Waals surface area contributed by atoms with Gasteiger partial charge in [0.05, 0.1) is 18.8 Å². The first-order chi connectivity index (χ1) is 6.02. The molecule has 0 aliphatic heterocycles. The fourth-order valence-corrected chi connectivity index (χ4v) is 0.932. The van der Waals surface area contributed by atoms with Gasteiger partial charge in [-0.25, -0.2) is 0 Å². The Kier molecular flexibility index (Phi) is 5.66. The highest BCUT2D eigenvalue weighted by molar-refractivity contribution is 5.71. The molecule has 0 unspecified atom stereocenters. The van der Waals surface area contributed by atoms with Gasteiger partial charge in [0.2, 0.25) is 0 Å². The van der Waals surface area contributed by atoms with Gasteiger partial charge in [-0.05, 0) is 20.8 Å². The maximum Gasteiger partial charge on any atom is 0.319 e. The van der Waals surface area contributed by atoms with Crippen LogP contribution in [0, 0.1) is 0 Å². The number of nitrogens with two attached hydrogens (primary N) is 1. The predicted octanol–water partition coefficient (Wildman–Crippen LogP) is 0.694. The van der Waals surface area contributed by atoms with Gasteiger partial charge in [0.15, 0.2) is 0 Å². The van der Waals surface area contributed by atoms with E-state index in [0.29, 0.717) is 19.6 Å². The van der Waals surface area contributed by atoms with Crippen molar-refractivity contribution in [3.05, 3.63) is 0 Å². The van der Waals surface area contributed by atoms with Crippen LogP contribution in [0.1, 0.15) is 27.2 Å². The second kappa shape index (κ2) is 5.94. The van der Waals surface area contributed by atoms with Gasteiger partial charge in [0.1, 0.15) is 0 Å². The van der Waals surface area contributed by atoms with Crippen LogP contribution >= 0.6 is 0 Å². The van der Waals surface area contributed by atoms with Crippen molar-refractivity contribution in [2.75, 3.05) is 19.8 Å². The Hall–Kier alpha value is -0.610. The van der Waals surface area contributed by atoms with Crippen molar-refractivity contribution in [2.24, 2.45) is 5.73 Å². The highest BCUT2D eigenvalue weighted by atomic mass is 16.5. The van der Waals surface area contributed by atoms with Crippen molar-refractivity contribution in [3.8, 4) is 0 Å². The van der Waals surface area contributed by atoms with Gasteiger partial charge >= 0.3 is 5.97 Å². The van der Waals surface area contributed by atoms with Crippen LogP contribution < -0.4 is 5.73 Å². The van der Waals surface area contributed by atoms with E-state index < -0.39 is 0 Å². The Morgan fingerprint density at radius 2 is 2.08 bits per heavy atom. The quantitative estimate of drug-likeness (QED) is 0.624. The zero-order chi connectivity index (χ0) is 10.3. The maximum absolute atomic E-state index is 10.7. The van der Waals surface area contributed by atoms with E-state index >= 15 is 0 Å². The second-order valence-electron chi connectivity index (χ2n) is 3.37. The van der Waals surface area contributed by atoms with Crippen LogP contribution in [0.15, 0.2) is 0 Å². The number of carbonyl (C=O) groups is 1. The molecule has 0 atom stereocenters. The summed E-state index contributed by atoms with van der Waals surface area (Å²) >= 11 is 0. The zero-order valence-electron chi connectivity index (χ0n) is 8.63. The van der Waals surface area contributed by atoms with E-state index in [0.717, 1.165) is 0 Å². The molecular formula is C9H19NO3. The molecule has 0 fully saturated rings. The van der Waals surface area contributed by atoms with Gasteiger partial charge in [-0.2, -0.15) is 0 Å². The van der Waals surface area contributed by atoms with Gasteiger partial charge < -0.3 is 15.2 Å². The Labute approximate surface area is 79.4 Å². The van der Waals surface area contributed by atoms with Crippen molar-refractivity contribution >= 4 is 5.97 Å². The summed E-state index contributed by atoms with van der Waals surface area (Å²) in [6.07, 6.45) is 0.687. The van der Waals surface area contributed by atoms with Crippen LogP contribution in [-0.4, -0.2) is 31.3 Å². The molecule has 0 saturated carbocycles. The third-order valence-corrected chi connectivity index (χ3v) is 1.67. The van der Waals surface area contributed by atoms with E-state index in [1.807, 2.05) is 20.8 Å². The molecule has 0 bridgehead atoms. The summed E-state index contributed by atoms with van der Waals surface area (Å²) in [4.78, 5) is 10.7. The molecule has 4 heteroatoms. The van der Waals surface area contributed by atoms with Crippen molar-refractivity contribution in [2.45, 2.75) is 32.8 Å². The summed E-state index contributed by atoms with van der Waals surface area (Å²) in [5.74, 6) is -0.368. The summed E-state index contributed by atoms with van der Waals surface area (Å²) in [6.45, 7) is 6.84. The highest BCUT2D eigenvalue weighted by Gasteiger charge is 2.17. The molecule has 4 nitrogen and oxygen atoms in total. The average molecular weight is 189 g/mol. The first-order valence-corrected chi connectivity index (χ1v) is 4.51. The van der Waals surface area contributed by atoms with Crippen molar-refractivity contribution in [1.82, 2.24) is 0 Å². The molecular weight excluding hydrogens is 170 g/mol. The second-order valence-corrected chi connectivity index (χ2v) is 3.37. The molecule has 0 saturated heterocycles. The third kappa shape index (κ3) is 6.54. The van der Waals surface area contributed by atoms with Crippen molar-refractivity contribution < 1.29 is 14.3 Å². The molecule has 0 rings (SSSR count). The monoisotopic (exact) mass is 189 g/mol. The number of esters is 1. The first-order valence-electron chi connectivity index (χ1n) is 4.51. The summed E-state index contributed by atoms with van der Waals surface area (Å²) in [5.41, 5.74) is 4.84. The minimum Gasteiger partial charge on any atom is -0.465 e. The number of rotatable bonds is 6. The summed E-state index contributed by atoms with van der Waals surface area (Å²) in [5, 5.41) is 0. The van der Waals surface area contributed by atoms with Gasteiger partial charge in [-0.3, -0.25) is 4.79 Å². The third-order valence-electron chi connectivity index (χ3n) is 1.67. The molecule has 0 radical (unpaired) electrons. The van der Waals surface area contributed by atoms with Crippen LogP contribution in [-0.2, 0) is 14.3 Å². The molecule has 0 aromatic rings. The van der Waals surface area contributed by atoms with Gasteiger partial charge in [-0.1, -0.05) is 0 Å². The van der Waals surface area contributed by atoms with Crippen molar-refractivity contribution in [3.63, 3.8) is 0 Å². The molecule has 0 aliphatic carbocycles. The van der Waals surface area contributed by atoms with Crippen molar-refractivity contribution in [1.29, 1.82) is 0 Å². The molecule has 0 spiro atoms. The summed E-state index contributed by atoms with van der Waals surface area (Å²) < 4.78 is 10.3. The van der Waals surface area contributed by atoms with Crippen LogP contribution in [0.5, 0.6) is 0 Å². The SMILES string of the molecule is CCOC(C)(C)CCOC(=O)CN. The molecule has 0 aliphatic rings. The smallest absolute Gasteiger partial charge is 0.319 e. The van der Waals surface area contributed by atoms with Crippen LogP contribution in [0.25, 0.3) is 0 Å². The lowest BCUT2D eigenvalue weighted by molar-refractivity contribution is -0.143. The number of hydrogen-bond donors (Lipinski definition) is 1. The predicted molar refractivity (Wildman–Crippen MR) is 50.3 cm³/mol. The van der Waals surface area contributed by atoms with Crippen LogP contribution in [0.4, 0.5) is 0 Å². The zero-order valence-corrected chi connectivity index (χ0v) is 8.63. The lowest BCUT2D eigenvalue weighted by Crippen LogP contribution is -2.28. The van der Waals surface area contributed by atoms with E-state index in [9.17, 15) is 4.79 Å². The molecule has 13 heavy (non-hydrogen) atoms. The van der Waals surface area contributed by atoms with Crippen LogP contribution in [0.3, 0.4) is 0 Å². The summed E-state index contributed by atoms with van der Waals surface area (Å²) in [6, 6.07) is 0. The average Bonchev–Trinajstić information content (AvgIpc) is 2.03. The normalized spacial score (nSPS) is 11.4. The first kappa shape index (κ1) is 12.4. The maximum atomic E-state index is 10.7. The molecule has 0 amide bonds. The standard InChI is InChI=1S/C9H19NO3/c1-4-13-9(2,3)5-6-12-8(11)7-10/h4-7,10H2,1-3H3. The Balaban J connectivity index is 3.56. The van der Waals surface area contributed by atoms with E-state index in [2.05, 4.69) is 0 Å². The fraction of sp³-hybridized carbons (Fsp3) is 0.889. The summed E-state index contributed by atoms with van der Waals surface area (Å²) in [7, 11) is 0. The minimum atomic E-state index is -0.368. The Morgan fingerprint density at radius 3 is 2.54 bits per heavy atom. The highest BCUT2D eigenvalue weighted by Crippen LogP contribution is 2.13. The van der Waals surface area contributed by atoms with Gasteiger partial charge in [-0.15, -0.1) is 0 Å². The Morgan fingerprint density at radius 1 is 1.46 bits per heavy atom. The largest absolute Gasteiger partial charge is 0.465 e. The molecule has 0 heterocycles. The number of carbonyl (C=O) groups excluding carboxylic acids is 1. The van der Waals surface area contributed by atoms with Crippen LogP contribution in [0.2, 0.25) is 0 Å². The van der Waals surface area contributed by atoms with Gasteiger partial charge in [0.25, 0.3) is 0 Å². The lowest BCUT2D eigenvalue weighted by atomic mass is 10.1. The van der Waals surface area contributed by atoms with E-state index in [1.54, 1.807) is 0 Å². The number of hydrogen-bond acceptors (Lipinski definition) is 4. The molecule has 78 valence electrons. The van der Waals surface area contributed by atoms with E-state index in [1.165, 1.54) is 0 Å². The molecule has 0 aromatic carbocycles. The molecule has 2 N–H and O–H groups in total. The fourth-order valence-electron chi connectivity index (χ4n) is 0.932. The van der Waals surface area contributed by atoms with E-state index in [-0.39, 0.29) is 18.1 Å².